The number of hydrogen-bond donors (Lipinski definition) is 0. The second-order valence-electron chi connectivity index (χ2n) is 18.3. The summed E-state index contributed by atoms with van der Waals surface area (Å²) in [6.07, 6.45) is 0. The average Bonchev–Trinajstić information content (AvgIpc) is 4.00. The van der Waals surface area contributed by atoms with Crippen LogP contribution in [0.5, 0.6) is 0 Å². The van der Waals surface area contributed by atoms with E-state index in [2.05, 4.69) is 143 Å². The number of nitrogens with zero attached hydrogens (tertiary/aromatic N) is 8. The Morgan fingerprint density at radius 1 is 0.216 bits per heavy atom. The number of benzene rings is 10. The topological polar surface area (TPSA) is 87.2 Å². The first-order chi connectivity index (χ1) is 36.7. The third kappa shape index (κ3) is 7.48. The Hall–Kier alpha value is -10.2. The lowest BCUT2D eigenvalue weighted by Crippen LogP contribution is -2.00. The van der Waals surface area contributed by atoms with E-state index < -0.39 is 0 Å². The zero-order chi connectivity index (χ0) is 49.0. The van der Waals surface area contributed by atoms with Gasteiger partial charge in [-0.15, -0.1) is 0 Å². The predicted octanol–water partition coefficient (Wildman–Crippen LogP) is 15.9. The molecular weight excluding hydrogens is 905 g/mol. The predicted molar refractivity (Wildman–Crippen MR) is 300 cm³/mol. The van der Waals surface area contributed by atoms with Gasteiger partial charge in [-0.25, -0.2) is 29.9 Å². The third-order valence-corrected chi connectivity index (χ3v) is 13.8. The summed E-state index contributed by atoms with van der Waals surface area (Å²) in [4.78, 5) is 30.7. The van der Waals surface area contributed by atoms with E-state index in [1.54, 1.807) is 0 Å². The van der Waals surface area contributed by atoms with Gasteiger partial charge < -0.3 is 9.13 Å². The molecule has 0 saturated heterocycles. The minimum absolute atomic E-state index is 0.608. The summed E-state index contributed by atoms with van der Waals surface area (Å²) in [5.41, 5.74) is 14.2. The molecule has 0 aliphatic carbocycles. The molecule has 0 saturated carbocycles. The molecule has 0 unspecified atom stereocenters. The minimum atomic E-state index is 0.608. The summed E-state index contributed by atoms with van der Waals surface area (Å²) >= 11 is 0. The number of rotatable bonds is 9. The van der Waals surface area contributed by atoms with E-state index in [0.717, 1.165) is 99.5 Å². The van der Waals surface area contributed by atoms with Crippen molar-refractivity contribution in [1.82, 2.24) is 39.0 Å². The summed E-state index contributed by atoms with van der Waals surface area (Å²) in [6, 6.07) is 88.4. The van der Waals surface area contributed by atoms with Gasteiger partial charge in [0, 0.05) is 66.3 Å². The van der Waals surface area contributed by atoms with Crippen LogP contribution in [0.2, 0.25) is 0 Å². The SMILES string of the molecule is c1ccc(-c2nc(-c3ccccc3)nc(-c3ccc4c(c3)c3cc(-c5ccc6c(c5)c5c(-c7nc(-c8ccccc8)nc(-c8ccccc8)n7)cccc5n6-c5ccccc5)ccc3n4-c3ccccc3)n2)cc1. The molecule has 0 aliphatic heterocycles. The molecular formula is C66H42N8. The zero-order valence-electron chi connectivity index (χ0n) is 39.8. The Morgan fingerprint density at radius 2 is 0.541 bits per heavy atom. The molecule has 346 valence electrons. The molecule has 10 aromatic carbocycles. The van der Waals surface area contributed by atoms with E-state index in [9.17, 15) is 0 Å². The molecule has 4 aromatic heterocycles. The smallest absolute Gasteiger partial charge is 0.164 e. The maximum Gasteiger partial charge on any atom is 0.164 e. The molecule has 74 heavy (non-hydrogen) atoms. The van der Waals surface area contributed by atoms with Gasteiger partial charge in [-0.2, -0.15) is 0 Å². The van der Waals surface area contributed by atoms with Crippen LogP contribution in [0.1, 0.15) is 0 Å². The van der Waals surface area contributed by atoms with E-state index in [1.807, 2.05) is 121 Å². The summed E-state index contributed by atoms with van der Waals surface area (Å²) in [5.74, 6) is 3.70. The highest BCUT2D eigenvalue weighted by atomic mass is 15.0. The Kier molecular flexibility index (Phi) is 10.3. The minimum Gasteiger partial charge on any atom is -0.309 e. The molecule has 0 spiro atoms. The molecule has 0 N–H and O–H groups in total. The lowest BCUT2D eigenvalue weighted by molar-refractivity contribution is 1.07. The van der Waals surface area contributed by atoms with Crippen molar-refractivity contribution in [2.24, 2.45) is 0 Å². The van der Waals surface area contributed by atoms with Gasteiger partial charge in [-0.3, -0.25) is 0 Å². The number of hydrogen-bond acceptors (Lipinski definition) is 6. The van der Waals surface area contributed by atoms with E-state index in [4.69, 9.17) is 29.9 Å². The summed E-state index contributed by atoms with van der Waals surface area (Å²) in [5, 5.41) is 4.36. The second kappa shape index (κ2) is 17.9. The van der Waals surface area contributed by atoms with Crippen LogP contribution in [0.15, 0.2) is 255 Å². The molecule has 8 nitrogen and oxygen atoms in total. The number of para-hydroxylation sites is 2. The molecule has 0 atom stereocenters. The van der Waals surface area contributed by atoms with Crippen molar-refractivity contribution in [2.45, 2.75) is 0 Å². The van der Waals surface area contributed by atoms with Crippen LogP contribution in [0.3, 0.4) is 0 Å². The second-order valence-corrected chi connectivity index (χ2v) is 18.3. The first-order valence-corrected chi connectivity index (χ1v) is 24.7. The Balaban J connectivity index is 0.980. The lowest BCUT2D eigenvalue weighted by Gasteiger charge is -2.10. The van der Waals surface area contributed by atoms with Crippen LogP contribution in [-0.2, 0) is 0 Å². The van der Waals surface area contributed by atoms with Crippen molar-refractivity contribution in [3.63, 3.8) is 0 Å². The zero-order valence-corrected chi connectivity index (χ0v) is 39.8. The molecule has 14 rings (SSSR count). The van der Waals surface area contributed by atoms with E-state index in [0.29, 0.717) is 34.9 Å². The van der Waals surface area contributed by atoms with Crippen molar-refractivity contribution in [3.8, 4) is 90.8 Å². The molecule has 0 fully saturated rings. The van der Waals surface area contributed by atoms with Crippen LogP contribution in [0, 0.1) is 0 Å². The highest BCUT2D eigenvalue weighted by molar-refractivity contribution is 6.17. The van der Waals surface area contributed by atoms with Gasteiger partial charge in [0.2, 0.25) is 0 Å². The van der Waals surface area contributed by atoms with E-state index >= 15 is 0 Å². The van der Waals surface area contributed by atoms with Crippen molar-refractivity contribution in [1.29, 1.82) is 0 Å². The highest BCUT2D eigenvalue weighted by Crippen LogP contribution is 2.42. The Bertz CT molecular complexity index is 4270. The average molecular weight is 947 g/mol. The van der Waals surface area contributed by atoms with Crippen molar-refractivity contribution < 1.29 is 0 Å². The molecule has 0 aliphatic rings. The largest absolute Gasteiger partial charge is 0.309 e. The van der Waals surface area contributed by atoms with Crippen molar-refractivity contribution in [2.75, 3.05) is 0 Å². The van der Waals surface area contributed by atoms with Gasteiger partial charge in [0.05, 0.1) is 22.1 Å². The molecule has 0 amide bonds. The molecule has 14 aromatic rings. The van der Waals surface area contributed by atoms with Crippen LogP contribution >= 0.6 is 0 Å². The lowest BCUT2D eigenvalue weighted by atomic mass is 9.99. The molecule has 0 bridgehead atoms. The standard InChI is InChI=1S/C66H42N8/c1-7-20-43(21-8-1)61-67-62(44-22-9-2-10-23-44)70-65(69-61)49-36-39-57-54(42-49)53-40-47(34-37-56(53)73(57)50-28-15-5-16-29-50)48-35-38-58-55(41-48)60-52(32-19-33-59(60)74(58)51-30-17-6-18-31-51)66-71-63(45-24-11-3-12-25-45)68-64(72-66)46-26-13-4-14-27-46/h1-42H. The molecule has 8 heteroatoms. The fourth-order valence-corrected chi connectivity index (χ4v) is 10.4. The van der Waals surface area contributed by atoms with Crippen LogP contribution in [0.4, 0.5) is 0 Å². The van der Waals surface area contributed by atoms with Crippen LogP contribution in [0.25, 0.3) is 134 Å². The van der Waals surface area contributed by atoms with Gasteiger partial charge in [0.25, 0.3) is 0 Å². The first kappa shape index (κ1) is 42.7. The van der Waals surface area contributed by atoms with Crippen molar-refractivity contribution in [3.05, 3.63) is 255 Å². The Morgan fingerprint density at radius 3 is 0.973 bits per heavy atom. The fraction of sp³-hybridized carbons (Fsp3) is 0. The maximum absolute atomic E-state index is 5.23. The summed E-state index contributed by atoms with van der Waals surface area (Å²) < 4.78 is 4.70. The third-order valence-electron chi connectivity index (χ3n) is 13.8. The first-order valence-electron chi connectivity index (χ1n) is 24.7. The van der Waals surface area contributed by atoms with Gasteiger partial charge in [0.1, 0.15) is 0 Å². The molecule has 4 heterocycles. The molecule has 0 radical (unpaired) electrons. The normalized spacial score (nSPS) is 11.5. The van der Waals surface area contributed by atoms with Crippen molar-refractivity contribution >= 4 is 43.6 Å². The van der Waals surface area contributed by atoms with Gasteiger partial charge in [0.15, 0.2) is 34.9 Å². The van der Waals surface area contributed by atoms with Crippen LogP contribution in [-0.4, -0.2) is 39.0 Å². The van der Waals surface area contributed by atoms with E-state index in [-0.39, 0.29) is 0 Å². The monoisotopic (exact) mass is 946 g/mol. The summed E-state index contributed by atoms with van der Waals surface area (Å²) in [6.45, 7) is 0. The van der Waals surface area contributed by atoms with E-state index in [1.165, 1.54) is 0 Å². The summed E-state index contributed by atoms with van der Waals surface area (Å²) in [7, 11) is 0. The quantitative estimate of drug-likeness (QED) is 0.143. The fourth-order valence-electron chi connectivity index (χ4n) is 10.4. The van der Waals surface area contributed by atoms with Crippen LogP contribution < -0.4 is 0 Å². The van der Waals surface area contributed by atoms with Gasteiger partial charge in [-0.05, 0) is 83.9 Å². The Labute approximate surface area is 426 Å². The van der Waals surface area contributed by atoms with Gasteiger partial charge >= 0.3 is 0 Å². The number of aromatic nitrogens is 8. The number of fused-ring (bicyclic) bond motifs is 6. The highest BCUT2D eigenvalue weighted by Gasteiger charge is 2.22. The maximum atomic E-state index is 5.23. The van der Waals surface area contributed by atoms with Gasteiger partial charge in [-0.1, -0.05) is 182 Å².